The Morgan fingerprint density at radius 1 is 1.29 bits per heavy atom. The molecule has 2 N–H and O–H groups in total. The first-order valence-corrected chi connectivity index (χ1v) is 5.52. The minimum absolute atomic E-state index is 0.751. The minimum atomic E-state index is 0.751. The highest BCUT2D eigenvalue weighted by Crippen LogP contribution is 2.04. The van der Waals surface area contributed by atoms with Gasteiger partial charge in [0.2, 0.25) is 0 Å². The molecule has 17 heavy (non-hydrogen) atoms. The highest BCUT2D eigenvalue weighted by Gasteiger charge is 2.00. The lowest BCUT2D eigenvalue weighted by molar-refractivity contribution is 0.672. The van der Waals surface area contributed by atoms with Gasteiger partial charge in [0.05, 0.1) is 12.0 Å². The van der Waals surface area contributed by atoms with Crippen LogP contribution in [0.25, 0.3) is 5.65 Å². The Morgan fingerprint density at radius 2 is 2.29 bits per heavy atom. The Labute approximate surface area is 98.5 Å². The third-order valence-corrected chi connectivity index (χ3v) is 2.59. The Morgan fingerprint density at radius 3 is 3.12 bits per heavy atom. The zero-order valence-corrected chi connectivity index (χ0v) is 9.30. The summed E-state index contributed by atoms with van der Waals surface area (Å²) >= 11 is 0. The molecular weight excluding hydrogens is 214 g/mol. The first-order chi connectivity index (χ1) is 8.42. The predicted molar refractivity (Wildman–Crippen MR) is 64.3 cm³/mol. The van der Waals surface area contributed by atoms with Crippen LogP contribution in [0.5, 0.6) is 0 Å². The summed E-state index contributed by atoms with van der Waals surface area (Å²) in [7, 11) is 0. The van der Waals surface area contributed by atoms with E-state index in [4.69, 9.17) is 0 Å². The second kappa shape index (κ2) is 4.39. The molecule has 0 aromatic carbocycles. The second-order valence-electron chi connectivity index (χ2n) is 3.88. The van der Waals surface area contributed by atoms with Gasteiger partial charge in [-0.15, -0.1) is 0 Å². The molecule has 3 aromatic rings. The first kappa shape index (κ1) is 10.0. The number of hydrogen-bond donors (Lipinski definition) is 2. The number of rotatable bonds is 4. The third-order valence-electron chi connectivity index (χ3n) is 2.59. The first-order valence-electron chi connectivity index (χ1n) is 5.52. The van der Waals surface area contributed by atoms with E-state index in [1.54, 1.807) is 6.33 Å². The highest BCUT2D eigenvalue weighted by molar-refractivity contribution is 5.39. The maximum atomic E-state index is 4.51. The number of pyridine rings is 1. The third kappa shape index (κ3) is 2.19. The zero-order valence-electron chi connectivity index (χ0n) is 9.30. The fourth-order valence-electron chi connectivity index (χ4n) is 1.78. The summed E-state index contributed by atoms with van der Waals surface area (Å²) in [5.74, 6) is 0. The van der Waals surface area contributed by atoms with Crippen molar-refractivity contribution in [3.63, 3.8) is 0 Å². The number of H-pyrrole nitrogens is 1. The fraction of sp³-hybridized carbons (Fsp3) is 0.167. The lowest BCUT2D eigenvalue weighted by Gasteiger charge is -1.98. The van der Waals surface area contributed by atoms with Crippen LogP contribution >= 0.6 is 0 Å². The van der Waals surface area contributed by atoms with Crippen molar-refractivity contribution in [2.75, 3.05) is 0 Å². The molecule has 0 fully saturated rings. The van der Waals surface area contributed by atoms with Gasteiger partial charge >= 0.3 is 0 Å². The van der Waals surface area contributed by atoms with Gasteiger partial charge < -0.3 is 14.7 Å². The normalized spacial score (nSPS) is 11.1. The zero-order chi connectivity index (χ0) is 11.5. The van der Waals surface area contributed by atoms with Gasteiger partial charge in [0.25, 0.3) is 0 Å². The molecule has 0 atom stereocenters. The quantitative estimate of drug-likeness (QED) is 0.707. The van der Waals surface area contributed by atoms with E-state index in [9.17, 15) is 0 Å². The summed E-state index contributed by atoms with van der Waals surface area (Å²) in [6, 6.07) is 5.99. The van der Waals surface area contributed by atoms with Crippen LogP contribution in [0.4, 0.5) is 0 Å². The summed E-state index contributed by atoms with van der Waals surface area (Å²) in [5.41, 5.74) is 3.09. The van der Waals surface area contributed by atoms with Crippen molar-refractivity contribution in [2.45, 2.75) is 13.1 Å². The van der Waals surface area contributed by atoms with E-state index >= 15 is 0 Å². The number of nitrogens with one attached hydrogen (secondary N) is 2. The topological polar surface area (TPSA) is 58.0 Å². The van der Waals surface area contributed by atoms with Crippen molar-refractivity contribution < 1.29 is 0 Å². The molecule has 0 aliphatic carbocycles. The fourth-order valence-corrected chi connectivity index (χ4v) is 1.78. The van der Waals surface area contributed by atoms with Crippen molar-refractivity contribution in [3.05, 3.63) is 54.5 Å². The van der Waals surface area contributed by atoms with E-state index in [1.807, 2.05) is 41.2 Å². The van der Waals surface area contributed by atoms with Gasteiger partial charge in [0, 0.05) is 37.4 Å². The molecule has 0 spiro atoms. The van der Waals surface area contributed by atoms with Crippen LogP contribution < -0.4 is 5.32 Å². The lowest BCUT2D eigenvalue weighted by atomic mass is 10.4. The van der Waals surface area contributed by atoms with E-state index in [0.717, 1.165) is 30.1 Å². The van der Waals surface area contributed by atoms with Crippen LogP contribution in [-0.4, -0.2) is 19.4 Å². The Balaban J connectivity index is 1.65. The van der Waals surface area contributed by atoms with E-state index in [-0.39, 0.29) is 0 Å². The Bertz CT molecular complexity index is 563. The Hall–Kier alpha value is -2.14. The van der Waals surface area contributed by atoms with Crippen molar-refractivity contribution >= 4 is 5.65 Å². The number of hydrogen-bond acceptors (Lipinski definition) is 3. The average Bonchev–Trinajstić information content (AvgIpc) is 2.96. The maximum Gasteiger partial charge on any atom is 0.137 e. The summed E-state index contributed by atoms with van der Waals surface area (Å²) < 4.78 is 2.02. The lowest BCUT2D eigenvalue weighted by Crippen LogP contribution is -2.13. The molecule has 3 aromatic heterocycles. The second-order valence-corrected chi connectivity index (χ2v) is 3.88. The van der Waals surface area contributed by atoms with Crippen LogP contribution in [0.2, 0.25) is 0 Å². The molecule has 0 amide bonds. The van der Waals surface area contributed by atoms with Crippen molar-refractivity contribution in [3.8, 4) is 0 Å². The van der Waals surface area contributed by atoms with Gasteiger partial charge in [0.1, 0.15) is 5.65 Å². The van der Waals surface area contributed by atoms with Gasteiger partial charge in [-0.2, -0.15) is 0 Å². The van der Waals surface area contributed by atoms with E-state index < -0.39 is 0 Å². The van der Waals surface area contributed by atoms with Gasteiger partial charge in [-0.05, 0) is 12.1 Å². The van der Waals surface area contributed by atoms with E-state index in [1.165, 1.54) is 0 Å². The molecule has 0 radical (unpaired) electrons. The molecular formula is C12H13N5. The minimum Gasteiger partial charge on any atom is -0.347 e. The van der Waals surface area contributed by atoms with E-state index in [2.05, 4.69) is 20.3 Å². The maximum absolute atomic E-state index is 4.51. The highest BCUT2D eigenvalue weighted by atomic mass is 15.0. The molecule has 0 saturated carbocycles. The van der Waals surface area contributed by atoms with E-state index in [0.29, 0.717) is 0 Å². The molecule has 0 saturated heterocycles. The molecule has 5 heteroatoms. The molecule has 86 valence electrons. The van der Waals surface area contributed by atoms with Gasteiger partial charge in [-0.3, -0.25) is 0 Å². The number of fused-ring (bicyclic) bond motifs is 1. The summed E-state index contributed by atoms with van der Waals surface area (Å²) in [6.45, 7) is 1.52. The average molecular weight is 227 g/mol. The molecule has 0 aliphatic rings. The molecule has 3 rings (SSSR count). The molecule has 0 unspecified atom stereocenters. The van der Waals surface area contributed by atoms with Crippen molar-refractivity contribution in [1.29, 1.82) is 0 Å². The van der Waals surface area contributed by atoms with Crippen LogP contribution in [-0.2, 0) is 13.1 Å². The van der Waals surface area contributed by atoms with Crippen LogP contribution in [0.15, 0.2) is 43.1 Å². The van der Waals surface area contributed by atoms with Gasteiger partial charge in [0.15, 0.2) is 0 Å². The SMILES string of the molecule is c1ccn2cc(CNCc3cnc[nH]3)nc2c1. The number of aromatic amines is 1. The summed E-state index contributed by atoms with van der Waals surface area (Å²) in [4.78, 5) is 11.5. The Kier molecular flexibility index (Phi) is 2.59. The number of imidazole rings is 2. The number of aromatic nitrogens is 4. The standard InChI is InChI=1S/C12H13N5/c1-2-4-17-8-11(16-12(17)3-1)7-13-5-10-6-14-9-15-10/h1-4,6,8-9,13H,5,7H2,(H,14,15). The summed E-state index contributed by atoms with van der Waals surface area (Å²) in [6.07, 6.45) is 7.54. The monoisotopic (exact) mass is 227 g/mol. The molecule has 0 aliphatic heterocycles. The number of nitrogens with zero attached hydrogens (tertiary/aromatic N) is 3. The van der Waals surface area contributed by atoms with Gasteiger partial charge in [-0.25, -0.2) is 9.97 Å². The molecule has 5 nitrogen and oxygen atoms in total. The van der Waals surface area contributed by atoms with Crippen molar-refractivity contribution in [1.82, 2.24) is 24.7 Å². The van der Waals surface area contributed by atoms with Gasteiger partial charge in [-0.1, -0.05) is 6.07 Å². The predicted octanol–water partition coefficient (Wildman–Crippen LogP) is 1.35. The van der Waals surface area contributed by atoms with Crippen LogP contribution in [0.1, 0.15) is 11.4 Å². The largest absolute Gasteiger partial charge is 0.347 e. The summed E-state index contributed by atoms with van der Waals surface area (Å²) in [5, 5.41) is 3.32. The molecule has 0 bridgehead atoms. The van der Waals surface area contributed by atoms with Crippen molar-refractivity contribution in [2.24, 2.45) is 0 Å². The molecule has 3 heterocycles. The smallest absolute Gasteiger partial charge is 0.137 e. The van der Waals surface area contributed by atoms with Crippen LogP contribution in [0, 0.1) is 0 Å². The van der Waals surface area contributed by atoms with Crippen LogP contribution in [0.3, 0.4) is 0 Å².